The number of ether oxygens (including phenoxy) is 1. The summed E-state index contributed by atoms with van der Waals surface area (Å²) >= 11 is 0. The minimum absolute atomic E-state index is 0.128. The van der Waals surface area contributed by atoms with E-state index in [9.17, 15) is 22.8 Å². The van der Waals surface area contributed by atoms with Crippen LogP contribution in [0, 0.1) is 0 Å². The zero-order valence-corrected chi connectivity index (χ0v) is 18.1. The lowest BCUT2D eigenvalue weighted by atomic mass is 10.1. The highest BCUT2D eigenvalue weighted by Gasteiger charge is 2.34. The van der Waals surface area contributed by atoms with Crippen molar-refractivity contribution in [2.24, 2.45) is 0 Å². The summed E-state index contributed by atoms with van der Waals surface area (Å²) in [6.07, 6.45) is -3.60. The van der Waals surface area contributed by atoms with Crippen molar-refractivity contribution in [3.63, 3.8) is 0 Å². The smallest absolute Gasteiger partial charge is 0.416 e. The van der Waals surface area contributed by atoms with Gasteiger partial charge in [0.25, 0.3) is 0 Å². The molecule has 0 saturated heterocycles. The molecule has 0 saturated carbocycles. The van der Waals surface area contributed by atoms with Crippen molar-refractivity contribution in [2.45, 2.75) is 44.6 Å². The summed E-state index contributed by atoms with van der Waals surface area (Å²) in [5.41, 5.74) is 0.887. The molecular formula is C23H26F3N3O3. The first kappa shape index (κ1) is 23.6. The number of nitrogens with zero attached hydrogens (tertiary/aromatic N) is 1. The minimum atomic E-state index is -4.53. The monoisotopic (exact) mass is 449 g/mol. The van der Waals surface area contributed by atoms with E-state index in [-0.39, 0.29) is 29.7 Å². The van der Waals surface area contributed by atoms with E-state index in [1.54, 1.807) is 26.1 Å². The SMILES string of the molecule is CN[C@@H](C)C(=O)N[C@H]1CCc2ccccc2N(Cc2cc(C(F)(F)F)ccc2OC)C1=O. The number of nitrogens with one attached hydrogen (secondary N) is 2. The summed E-state index contributed by atoms with van der Waals surface area (Å²) in [5.74, 6) is -0.462. The molecule has 0 fully saturated rings. The second kappa shape index (κ2) is 9.60. The Labute approximate surface area is 184 Å². The van der Waals surface area contributed by atoms with Gasteiger partial charge in [-0.15, -0.1) is 0 Å². The van der Waals surface area contributed by atoms with E-state index in [1.807, 2.05) is 12.1 Å². The Balaban J connectivity index is 2.00. The predicted octanol–water partition coefficient (Wildman–Crippen LogP) is 3.29. The molecule has 2 N–H and O–H groups in total. The Morgan fingerprint density at radius 3 is 2.62 bits per heavy atom. The average Bonchev–Trinajstić information content (AvgIpc) is 2.90. The fraction of sp³-hybridized carbons (Fsp3) is 0.391. The van der Waals surface area contributed by atoms with Gasteiger partial charge in [-0.05, 0) is 56.6 Å². The average molecular weight is 449 g/mol. The van der Waals surface area contributed by atoms with Crippen LogP contribution in [0.1, 0.15) is 30.0 Å². The number of rotatable bonds is 6. The molecule has 2 atom stereocenters. The van der Waals surface area contributed by atoms with Crippen molar-refractivity contribution in [1.29, 1.82) is 0 Å². The molecule has 1 heterocycles. The maximum Gasteiger partial charge on any atom is 0.416 e. The second-order valence-electron chi connectivity index (χ2n) is 7.69. The number of alkyl halides is 3. The zero-order valence-electron chi connectivity index (χ0n) is 18.1. The van der Waals surface area contributed by atoms with Crippen LogP contribution in [0.3, 0.4) is 0 Å². The number of likely N-dealkylation sites (N-methyl/N-ethyl adjacent to an activating group) is 1. The Kier molecular flexibility index (Phi) is 7.08. The van der Waals surface area contributed by atoms with Gasteiger partial charge in [-0.1, -0.05) is 18.2 Å². The van der Waals surface area contributed by atoms with E-state index in [2.05, 4.69) is 10.6 Å². The normalized spacial score (nSPS) is 17.4. The fourth-order valence-electron chi connectivity index (χ4n) is 3.69. The molecule has 1 aliphatic heterocycles. The largest absolute Gasteiger partial charge is 0.496 e. The van der Waals surface area contributed by atoms with E-state index >= 15 is 0 Å². The van der Waals surface area contributed by atoms with Gasteiger partial charge < -0.3 is 20.3 Å². The molecule has 0 aromatic heterocycles. The zero-order chi connectivity index (χ0) is 23.5. The van der Waals surface area contributed by atoms with Crippen LogP contribution in [-0.2, 0) is 28.7 Å². The van der Waals surface area contributed by atoms with Gasteiger partial charge >= 0.3 is 6.18 Å². The number of methoxy groups -OCH3 is 1. The number of amides is 2. The van der Waals surface area contributed by atoms with Crippen molar-refractivity contribution in [2.75, 3.05) is 19.1 Å². The first-order valence-corrected chi connectivity index (χ1v) is 10.3. The van der Waals surface area contributed by atoms with E-state index in [1.165, 1.54) is 18.1 Å². The third-order valence-corrected chi connectivity index (χ3v) is 5.63. The first-order valence-electron chi connectivity index (χ1n) is 10.3. The molecule has 3 rings (SSSR count). The number of carbonyl (C=O) groups is 2. The van der Waals surface area contributed by atoms with Crippen molar-refractivity contribution in [1.82, 2.24) is 10.6 Å². The number of para-hydroxylation sites is 1. The Morgan fingerprint density at radius 1 is 1.25 bits per heavy atom. The minimum Gasteiger partial charge on any atom is -0.496 e. The summed E-state index contributed by atoms with van der Waals surface area (Å²) in [5, 5.41) is 5.60. The number of halogens is 3. The third-order valence-electron chi connectivity index (χ3n) is 5.63. The van der Waals surface area contributed by atoms with Crippen molar-refractivity contribution >= 4 is 17.5 Å². The van der Waals surface area contributed by atoms with Gasteiger partial charge in [0.2, 0.25) is 11.8 Å². The Morgan fingerprint density at radius 2 is 1.97 bits per heavy atom. The summed E-state index contributed by atoms with van der Waals surface area (Å²) in [6, 6.07) is 9.14. The number of fused-ring (bicyclic) bond motifs is 1. The molecule has 0 aliphatic carbocycles. The van der Waals surface area contributed by atoms with E-state index < -0.39 is 23.8 Å². The number of hydrogen-bond donors (Lipinski definition) is 2. The third kappa shape index (κ3) is 5.04. The molecule has 0 unspecified atom stereocenters. The number of hydrogen-bond acceptors (Lipinski definition) is 4. The molecule has 1 aliphatic rings. The standard InChI is InChI=1S/C23H26F3N3O3/c1-14(27-2)21(30)28-18-10-8-15-6-4-5-7-19(15)29(22(18)31)13-16-12-17(23(24,25)26)9-11-20(16)32-3/h4-7,9,11-12,14,18,27H,8,10,13H2,1-3H3,(H,28,30)/t14-,18-/m0/s1. The van der Waals surface area contributed by atoms with Gasteiger partial charge in [0.1, 0.15) is 11.8 Å². The lowest BCUT2D eigenvalue weighted by Crippen LogP contribution is -2.52. The highest BCUT2D eigenvalue weighted by molar-refractivity contribution is 6.00. The van der Waals surface area contributed by atoms with Crippen LogP contribution in [0.4, 0.5) is 18.9 Å². The molecule has 2 aromatic carbocycles. The maximum atomic E-state index is 13.5. The summed E-state index contributed by atoms with van der Waals surface area (Å²) in [7, 11) is 3.01. The number of benzene rings is 2. The summed E-state index contributed by atoms with van der Waals surface area (Å²) < 4.78 is 45.2. The molecule has 2 aromatic rings. The molecule has 0 radical (unpaired) electrons. The van der Waals surface area contributed by atoms with Gasteiger partial charge in [-0.25, -0.2) is 0 Å². The van der Waals surface area contributed by atoms with Crippen LogP contribution in [0.2, 0.25) is 0 Å². The second-order valence-corrected chi connectivity index (χ2v) is 7.69. The molecule has 0 spiro atoms. The van der Waals surface area contributed by atoms with Gasteiger partial charge in [0.15, 0.2) is 0 Å². The molecule has 32 heavy (non-hydrogen) atoms. The highest BCUT2D eigenvalue weighted by atomic mass is 19.4. The lowest BCUT2D eigenvalue weighted by Gasteiger charge is -2.28. The molecule has 172 valence electrons. The maximum absolute atomic E-state index is 13.5. The van der Waals surface area contributed by atoms with Gasteiger partial charge in [0.05, 0.1) is 25.3 Å². The summed E-state index contributed by atoms with van der Waals surface area (Å²) in [6.45, 7) is 1.55. The fourth-order valence-corrected chi connectivity index (χ4v) is 3.69. The van der Waals surface area contributed by atoms with Crippen LogP contribution in [-0.4, -0.2) is 38.1 Å². The predicted molar refractivity (Wildman–Crippen MR) is 114 cm³/mol. The molecule has 6 nitrogen and oxygen atoms in total. The molecule has 2 amide bonds. The van der Waals surface area contributed by atoms with Gasteiger partial charge in [-0.3, -0.25) is 9.59 Å². The van der Waals surface area contributed by atoms with Gasteiger partial charge in [0, 0.05) is 11.3 Å². The highest BCUT2D eigenvalue weighted by Crippen LogP contribution is 2.35. The summed E-state index contributed by atoms with van der Waals surface area (Å²) in [4.78, 5) is 27.3. The van der Waals surface area contributed by atoms with Crippen LogP contribution in [0.5, 0.6) is 5.75 Å². The molecule has 9 heteroatoms. The lowest BCUT2D eigenvalue weighted by molar-refractivity contribution is -0.137. The number of anilines is 1. The molecular weight excluding hydrogens is 423 g/mol. The van der Waals surface area contributed by atoms with Gasteiger partial charge in [-0.2, -0.15) is 13.2 Å². The van der Waals surface area contributed by atoms with E-state index in [4.69, 9.17) is 4.74 Å². The van der Waals surface area contributed by atoms with Crippen LogP contribution < -0.4 is 20.3 Å². The first-order chi connectivity index (χ1) is 15.2. The van der Waals surface area contributed by atoms with E-state index in [0.29, 0.717) is 18.5 Å². The van der Waals surface area contributed by atoms with Crippen LogP contribution in [0.25, 0.3) is 0 Å². The number of carbonyl (C=O) groups excluding carboxylic acids is 2. The number of aryl methyl sites for hydroxylation is 1. The van der Waals surface area contributed by atoms with Crippen molar-refractivity contribution in [3.8, 4) is 5.75 Å². The Hall–Kier alpha value is -3.07. The Bertz CT molecular complexity index is 994. The van der Waals surface area contributed by atoms with Crippen LogP contribution in [0.15, 0.2) is 42.5 Å². The van der Waals surface area contributed by atoms with Crippen molar-refractivity contribution < 1.29 is 27.5 Å². The van der Waals surface area contributed by atoms with E-state index in [0.717, 1.165) is 17.7 Å². The quantitative estimate of drug-likeness (QED) is 0.710. The molecule has 0 bridgehead atoms. The van der Waals surface area contributed by atoms with Crippen LogP contribution >= 0.6 is 0 Å². The topological polar surface area (TPSA) is 70.7 Å². The van der Waals surface area contributed by atoms with Crippen molar-refractivity contribution in [3.05, 3.63) is 59.2 Å².